The molecule has 0 unspecified atom stereocenters. The van der Waals surface area contributed by atoms with Gasteiger partial charge in [-0.2, -0.15) is 5.10 Å². The van der Waals surface area contributed by atoms with Crippen LogP contribution in [0.2, 0.25) is 0 Å². The third-order valence-corrected chi connectivity index (χ3v) is 3.51. The first-order chi connectivity index (χ1) is 10.8. The summed E-state index contributed by atoms with van der Waals surface area (Å²) in [5, 5.41) is 10.2. The highest BCUT2D eigenvalue weighted by molar-refractivity contribution is 5.71. The van der Waals surface area contributed by atoms with E-state index < -0.39 is 0 Å². The van der Waals surface area contributed by atoms with Crippen molar-refractivity contribution >= 4 is 5.69 Å². The molecule has 0 bridgehead atoms. The van der Waals surface area contributed by atoms with Crippen LogP contribution in [0.3, 0.4) is 0 Å². The molecule has 1 aliphatic rings. The monoisotopic (exact) mass is 293 g/mol. The molecule has 6 heteroatoms. The van der Waals surface area contributed by atoms with Crippen molar-refractivity contribution in [2.24, 2.45) is 5.18 Å². The Morgan fingerprint density at radius 2 is 1.91 bits per heavy atom. The maximum absolute atomic E-state index is 10.6. The van der Waals surface area contributed by atoms with Crippen molar-refractivity contribution in [1.29, 1.82) is 0 Å². The molecular weight excluding hydrogens is 282 g/mol. The van der Waals surface area contributed by atoms with E-state index in [0.717, 1.165) is 34.0 Å². The van der Waals surface area contributed by atoms with Crippen LogP contribution in [0.1, 0.15) is 0 Å². The van der Waals surface area contributed by atoms with Crippen LogP contribution < -0.4 is 9.47 Å². The average Bonchev–Trinajstić information content (AvgIpc) is 3.23. The highest BCUT2D eigenvalue weighted by Gasteiger charge is 2.15. The molecule has 6 nitrogen and oxygen atoms in total. The van der Waals surface area contributed by atoms with Gasteiger partial charge in [-0.05, 0) is 41.6 Å². The van der Waals surface area contributed by atoms with Gasteiger partial charge in [-0.25, -0.2) is 0 Å². The van der Waals surface area contributed by atoms with E-state index in [1.807, 2.05) is 30.3 Å². The molecule has 4 rings (SSSR count). The zero-order chi connectivity index (χ0) is 14.9. The number of hydrogen-bond donors (Lipinski definition) is 1. The van der Waals surface area contributed by atoms with E-state index >= 15 is 0 Å². The highest BCUT2D eigenvalue weighted by atomic mass is 16.7. The first-order valence-corrected chi connectivity index (χ1v) is 6.73. The number of hydrogen-bond acceptors (Lipinski definition) is 5. The largest absolute Gasteiger partial charge is 0.454 e. The summed E-state index contributed by atoms with van der Waals surface area (Å²) in [5.41, 5.74) is 3.77. The summed E-state index contributed by atoms with van der Waals surface area (Å²) in [4.78, 5) is 10.6. The Labute approximate surface area is 125 Å². The van der Waals surface area contributed by atoms with Crippen molar-refractivity contribution in [3.63, 3.8) is 0 Å². The summed E-state index contributed by atoms with van der Waals surface area (Å²) in [6.07, 6.45) is 0. The number of nitrogens with zero attached hydrogens (tertiary/aromatic N) is 2. The lowest BCUT2D eigenvalue weighted by molar-refractivity contribution is 0.174. The number of fused-ring (bicyclic) bond motifs is 1. The third kappa shape index (κ3) is 2.10. The lowest BCUT2D eigenvalue weighted by atomic mass is 10.1. The van der Waals surface area contributed by atoms with E-state index in [1.165, 1.54) is 0 Å². The summed E-state index contributed by atoms with van der Waals surface area (Å²) < 4.78 is 10.7. The van der Waals surface area contributed by atoms with Crippen LogP contribution in [-0.2, 0) is 0 Å². The minimum atomic E-state index is 0.249. The number of rotatable bonds is 3. The number of H-pyrrole nitrogens is 1. The van der Waals surface area contributed by atoms with Crippen LogP contribution in [0.25, 0.3) is 22.5 Å². The molecule has 0 spiro atoms. The molecule has 0 saturated heterocycles. The van der Waals surface area contributed by atoms with Gasteiger partial charge in [0.15, 0.2) is 11.5 Å². The Bertz CT molecular complexity index is 857. The van der Waals surface area contributed by atoms with Crippen LogP contribution in [0.5, 0.6) is 11.5 Å². The van der Waals surface area contributed by atoms with Gasteiger partial charge >= 0.3 is 0 Å². The third-order valence-electron chi connectivity index (χ3n) is 3.51. The minimum absolute atomic E-state index is 0.249. The molecule has 3 aromatic rings. The number of nitroso groups, excluding NO2 is 1. The summed E-state index contributed by atoms with van der Waals surface area (Å²) in [6.45, 7) is 0.249. The Hall–Kier alpha value is -3.15. The fourth-order valence-electron chi connectivity index (χ4n) is 2.40. The molecule has 0 saturated carbocycles. The number of benzene rings is 2. The van der Waals surface area contributed by atoms with Crippen molar-refractivity contribution in [3.05, 3.63) is 53.4 Å². The average molecular weight is 293 g/mol. The van der Waals surface area contributed by atoms with Crippen LogP contribution in [0.15, 0.2) is 53.7 Å². The van der Waals surface area contributed by atoms with Crippen molar-refractivity contribution < 1.29 is 9.47 Å². The van der Waals surface area contributed by atoms with Gasteiger partial charge in [0.25, 0.3) is 0 Å². The predicted octanol–water partition coefficient (Wildman–Crippen LogP) is 3.87. The van der Waals surface area contributed by atoms with Gasteiger partial charge < -0.3 is 9.47 Å². The molecule has 0 radical (unpaired) electrons. The van der Waals surface area contributed by atoms with Crippen molar-refractivity contribution in [1.82, 2.24) is 10.2 Å². The highest BCUT2D eigenvalue weighted by Crippen LogP contribution is 2.36. The fraction of sp³-hybridized carbons (Fsp3) is 0.0625. The van der Waals surface area contributed by atoms with Gasteiger partial charge in [0, 0.05) is 11.1 Å². The quantitative estimate of drug-likeness (QED) is 0.744. The van der Waals surface area contributed by atoms with Gasteiger partial charge in [0.2, 0.25) is 6.79 Å². The maximum atomic E-state index is 10.6. The summed E-state index contributed by atoms with van der Waals surface area (Å²) in [7, 11) is 0. The van der Waals surface area contributed by atoms with E-state index in [1.54, 1.807) is 18.2 Å². The van der Waals surface area contributed by atoms with Gasteiger partial charge in [0.1, 0.15) is 5.69 Å². The first-order valence-electron chi connectivity index (χ1n) is 6.73. The maximum Gasteiger partial charge on any atom is 0.231 e. The predicted molar refractivity (Wildman–Crippen MR) is 81.0 cm³/mol. The Morgan fingerprint density at radius 1 is 1.00 bits per heavy atom. The number of nitrogens with one attached hydrogen (secondary N) is 1. The second-order valence-electron chi connectivity index (χ2n) is 4.88. The van der Waals surface area contributed by atoms with E-state index in [-0.39, 0.29) is 6.79 Å². The molecule has 0 amide bonds. The van der Waals surface area contributed by atoms with Crippen molar-refractivity contribution in [2.45, 2.75) is 0 Å². The molecule has 2 heterocycles. The molecule has 2 aromatic carbocycles. The Morgan fingerprint density at radius 3 is 2.82 bits per heavy atom. The van der Waals surface area contributed by atoms with E-state index in [2.05, 4.69) is 15.4 Å². The molecular formula is C16H11N3O3. The zero-order valence-electron chi connectivity index (χ0n) is 11.4. The topological polar surface area (TPSA) is 76.6 Å². The van der Waals surface area contributed by atoms with Crippen molar-refractivity contribution in [3.8, 4) is 34.0 Å². The standard InChI is InChI=1S/C16H11N3O3/c20-19-12-3-1-2-10(6-12)13-8-14(18-17-13)11-4-5-15-16(7-11)22-9-21-15/h1-8H,9H2,(H,17,18). The lowest BCUT2D eigenvalue weighted by Gasteiger charge is -1.99. The molecule has 1 aromatic heterocycles. The summed E-state index contributed by atoms with van der Waals surface area (Å²) in [5.74, 6) is 1.47. The van der Waals surface area contributed by atoms with Gasteiger partial charge in [-0.1, -0.05) is 12.1 Å². The second-order valence-corrected chi connectivity index (χ2v) is 4.88. The summed E-state index contributed by atoms with van der Waals surface area (Å²) >= 11 is 0. The van der Waals surface area contributed by atoms with Crippen LogP contribution in [0, 0.1) is 4.91 Å². The molecule has 0 fully saturated rings. The molecule has 0 aliphatic carbocycles. The lowest BCUT2D eigenvalue weighted by Crippen LogP contribution is -1.92. The molecule has 1 aliphatic heterocycles. The van der Waals surface area contributed by atoms with Crippen LogP contribution in [-0.4, -0.2) is 17.0 Å². The van der Waals surface area contributed by atoms with E-state index in [0.29, 0.717) is 5.69 Å². The second kappa shape index (κ2) is 5.00. The fourth-order valence-corrected chi connectivity index (χ4v) is 2.40. The smallest absolute Gasteiger partial charge is 0.231 e. The number of aromatic nitrogens is 2. The van der Waals surface area contributed by atoms with Gasteiger partial charge in [-0.15, -0.1) is 4.91 Å². The molecule has 108 valence electrons. The normalized spacial score (nSPS) is 12.4. The van der Waals surface area contributed by atoms with Gasteiger partial charge in [0.05, 0.1) is 11.4 Å². The zero-order valence-corrected chi connectivity index (χ0v) is 11.4. The number of aromatic amines is 1. The number of ether oxygens (including phenoxy) is 2. The molecule has 22 heavy (non-hydrogen) atoms. The van der Waals surface area contributed by atoms with E-state index in [9.17, 15) is 4.91 Å². The van der Waals surface area contributed by atoms with Crippen molar-refractivity contribution in [2.75, 3.05) is 6.79 Å². The Balaban J connectivity index is 1.70. The van der Waals surface area contributed by atoms with Gasteiger partial charge in [-0.3, -0.25) is 5.10 Å². The molecule has 1 N–H and O–H groups in total. The Kier molecular flexibility index (Phi) is 2.86. The van der Waals surface area contributed by atoms with Crippen LogP contribution in [0.4, 0.5) is 5.69 Å². The van der Waals surface area contributed by atoms with Crippen LogP contribution >= 0.6 is 0 Å². The van der Waals surface area contributed by atoms with E-state index in [4.69, 9.17) is 9.47 Å². The SMILES string of the molecule is O=Nc1cccc(-c2cc(-c3ccc4c(c3)OCO4)[nH]n2)c1. The first kappa shape index (κ1) is 12.6. The summed E-state index contributed by atoms with van der Waals surface area (Å²) in [6, 6.07) is 14.7. The molecule has 0 atom stereocenters. The minimum Gasteiger partial charge on any atom is -0.454 e.